The molecule has 0 aromatic carbocycles. The summed E-state index contributed by atoms with van der Waals surface area (Å²) >= 11 is 1.64. The molecule has 3 unspecified atom stereocenters. The SMILES string of the molecule is CC1CC(C)(C)CCC1NCC(O)c1ccsc1. The molecule has 3 atom stereocenters. The first-order valence-electron chi connectivity index (χ1n) is 6.91. The maximum Gasteiger partial charge on any atom is 0.0922 e. The molecule has 2 rings (SSSR count). The standard InChI is InChI=1S/C15H25NOS/c1-11-8-15(2,3)6-4-13(11)16-9-14(17)12-5-7-18-10-12/h5,7,10-11,13-14,16-17H,4,6,8-9H2,1-3H3. The number of thiophene rings is 1. The summed E-state index contributed by atoms with van der Waals surface area (Å²) < 4.78 is 0. The normalized spacial score (nSPS) is 29.1. The summed E-state index contributed by atoms with van der Waals surface area (Å²) in [6.07, 6.45) is 3.42. The first-order valence-corrected chi connectivity index (χ1v) is 7.86. The second-order valence-corrected chi connectivity index (χ2v) is 7.25. The van der Waals surface area contributed by atoms with E-state index < -0.39 is 0 Å². The van der Waals surface area contributed by atoms with Crippen LogP contribution in [0.15, 0.2) is 16.8 Å². The van der Waals surface area contributed by atoms with E-state index in [1.807, 2.05) is 16.8 Å². The van der Waals surface area contributed by atoms with Crippen LogP contribution in [0.4, 0.5) is 0 Å². The summed E-state index contributed by atoms with van der Waals surface area (Å²) in [4.78, 5) is 0. The Morgan fingerprint density at radius 3 is 2.94 bits per heavy atom. The third-order valence-electron chi connectivity index (χ3n) is 4.19. The quantitative estimate of drug-likeness (QED) is 0.874. The highest BCUT2D eigenvalue weighted by Crippen LogP contribution is 2.38. The van der Waals surface area contributed by atoms with E-state index in [9.17, 15) is 5.11 Å². The van der Waals surface area contributed by atoms with Crippen LogP contribution in [0.1, 0.15) is 51.7 Å². The van der Waals surface area contributed by atoms with Crippen LogP contribution in [0.5, 0.6) is 0 Å². The van der Waals surface area contributed by atoms with E-state index in [4.69, 9.17) is 0 Å². The van der Waals surface area contributed by atoms with Crippen LogP contribution in [0.25, 0.3) is 0 Å². The minimum atomic E-state index is -0.363. The van der Waals surface area contributed by atoms with Gasteiger partial charge in [0.1, 0.15) is 0 Å². The molecule has 2 nitrogen and oxygen atoms in total. The van der Waals surface area contributed by atoms with Crippen molar-refractivity contribution in [2.45, 2.75) is 52.2 Å². The van der Waals surface area contributed by atoms with Gasteiger partial charge in [0, 0.05) is 12.6 Å². The Labute approximate surface area is 114 Å². The van der Waals surface area contributed by atoms with Gasteiger partial charge in [0.25, 0.3) is 0 Å². The van der Waals surface area contributed by atoms with Gasteiger partial charge in [0.05, 0.1) is 6.10 Å². The molecule has 18 heavy (non-hydrogen) atoms. The molecule has 1 aromatic rings. The van der Waals surface area contributed by atoms with Crippen LogP contribution in [0, 0.1) is 11.3 Å². The topological polar surface area (TPSA) is 32.3 Å². The fraction of sp³-hybridized carbons (Fsp3) is 0.733. The van der Waals surface area contributed by atoms with Crippen LogP contribution in [0.3, 0.4) is 0 Å². The first-order chi connectivity index (χ1) is 8.48. The van der Waals surface area contributed by atoms with Gasteiger partial charge in [-0.3, -0.25) is 0 Å². The summed E-state index contributed by atoms with van der Waals surface area (Å²) in [6.45, 7) is 7.72. The molecule has 3 heteroatoms. The van der Waals surface area contributed by atoms with Gasteiger partial charge in [-0.1, -0.05) is 20.8 Å². The predicted octanol–water partition coefficient (Wildman–Crippen LogP) is 3.59. The molecule has 2 N–H and O–H groups in total. The zero-order valence-corrected chi connectivity index (χ0v) is 12.5. The average Bonchev–Trinajstić information content (AvgIpc) is 2.80. The van der Waals surface area contributed by atoms with Gasteiger partial charge < -0.3 is 10.4 Å². The lowest BCUT2D eigenvalue weighted by Gasteiger charge is -2.40. The van der Waals surface area contributed by atoms with Crippen molar-refractivity contribution in [2.75, 3.05) is 6.54 Å². The Morgan fingerprint density at radius 2 is 2.33 bits per heavy atom. The molecule has 102 valence electrons. The van der Waals surface area contributed by atoms with Crippen LogP contribution in [-0.2, 0) is 0 Å². The summed E-state index contributed by atoms with van der Waals surface area (Å²) in [5.74, 6) is 0.698. The van der Waals surface area contributed by atoms with Gasteiger partial charge >= 0.3 is 0 Å². The maximum absolute atomic E-state index is 10.1. The summed E-state index contributed by atoms with van der Waals surface area (Å²) in [7, 11) is 0. The van der Waals surface area contributed by atoms with Crippen molar-refractivity contribution in [2.24, 2.45) is 11.3 Å². The largest absolute Gasteiger partial charge is 0.387 e. The van der Waals surface area contributed by atoms with E-state index in [0.717, 1.165) is 5.56 Å². The average molecular weight is 267 g/mol. The third kappa shape index (κ3) is 3.56. The van der Waals surface area contributed by atoms with Crippen molar-refractivity contribution < 1.29 is 5.11 Å². The van der Waals surface area contributed by atoms with Gasteiger partial charge in [-0.2, -0.15) is 11.3 Å². The second kappa shape index (κ2) is 5.72. The summed E-state index contributed by atoms with van der Waals surface area (Å²) in [6, 6.07) is 2.57. The number of nitrogens with one attached hydrogen (secondary N) is 1. The van der Waals surface area contributed by atoms with Crippen LogP contribution in [-0.4, -0.2) is 17.7 Å². The number of hydrogen-bond donors (Lipinski definition) is 2. The predicted molar refractivity (Wildman–Crippen MR) is 77.9 cm³/mol. The van der Waals surface area contributed by atoms with Gasteiger partial charge in [0.2, 0.25) is 0 Å². The van der Waals surface area contributed by atoms with E-state index in [2.05, 4.69) is 26.1 Å². The highest BCUT2D eigenvalue weighted by atomic mass is 32.1. The van der Waals surface area contributed by atoms with Crippen molar-refractivity contribution in [1.29, 1.82) is 0 Å². The molecule has 1 heterocycles. The van der Waals surface area contributed by atoms with Crippen LogP contribution >= 0.6 is 11.3 Å². The minimum absolute atomic E-state index is 0.363. The zero-order valence-electron chi connectivity index (χ0n) is 11.6. The molecule has 0 aliphatic heterocycles. The molecular formula is C15H25NOS. The van der Waals surface area contributed by atoms with Crippen molar-refractivity contribution in [3.63, 3.8) is 0 Å². The van der Waals surface area contributed by atoms with E-state index in [0.29, 0.717) is 23.9 Å². The molecule has 0 bridgehead atoms. The van der Waals surface area contributed by atoms with Gasteiger partial charge in [-0.25, -0.2) is 0 Å². The molecule has 1 aliphatic rings. The van der Waals surface area contributed by atoms with E-state index in [1.165, 1.54) is 19.3 Å². The summed E-state index contributed by atoms with van der Waals surface area (Å²) in [5.41, 5.74) is 1.53. The Morgan fingerprint density at radius 1 is 1.56 bits per heavy atom. The molecular weight excluding hydrogens is 242 g/mol. The third-order valence-corrected chi connectivity index (χ3v) is 4.90. The fourth-order valence-electron chi connectivity index (χ4n) is 3.10. The highest BCUT2D eigenvalue weighted by molar-refractivity contribution is 7.07. The Bertz CT molecular complexity index is 361. The zero-order chi connectivity index (χ0) is 13.2. The lowest BCUT2D eigenvalue weighted by atomic mass is 9.70. The monoisotopic (exact) mass is 267 g/mol. The number of hydrogen-bond acceptors (Lipinski definition) is 3. The van der Waals surface area contributed by atoms with Crippen molar-refractivity contribution in [1.82, 2.24) is 5.32 Å². The molecule has 0 amide bonds. The molecule has 1 aromatic heterocycles. The Kier molecular flexibility index (Phi) is 4.46. The lowest BCUT2D eigenvalue weighted by molar-refractivity contribution is 0.124. The molecule has 0 saturated heterocycles. The Balaban J connectivity index is 1.80. The van der Waals surface area contributed by atoms with Crippen LogP contribution < -0.4 is 5.32 Å². The maximum atomic E-state index is 10.1. The molecule has 0 spiro atoms. The minimum Gasteiger partial charge on any atom is -0.387 e. The lowest BCUT2D eigenvalue weighted by Crippen LogP contribution is -2.43. The van der Waals surface area contributed by atoms with Gasteiger partial charge in [-0.15, -0.1) is 0 Å². The first kappa shape index (κ1) is 14.0. The molecule has 1 aliphatic carbocycles. The number of aliphatic hydroxyl groups excluding tert-OH is 1. The molecule has 1 saturated carbocycles. The van der Waals surface area contributed by atoms with E-state index in [1.54, 1.807) is 11.3 Å². The van der Waals surface area contributed by atoms with Crippen molar-refractivity contribution in [3.05, 3.63) is 22.4 Å². The number of rotatable bonds is 4. The summed E-state index contributed by atoms with van der Waals surface area (Å²) in [5, 5.41) is 17.7. The second-order valence-electron chi connectivity index (χ2n) is 6.47. The molecule has 0 radical (unpaired) electrons. The van der Waals surface area contributed by atoms with E-state index >= 15 is 0 Å². The smallest absolute Gasteiger partial charge is 0.0922 e. The molecule has 1 fully saturated rings. The van der Waals surface area contributed by atoms with Crippen molar-refractivity contribution in [3.8, 4) is 0 Å². The van der Waals surface area contributed by atoms with Crippen molar-refractivity contribution >= 4 is 11.3 Å². The highest BCUT2D eigenvalue weighted by Gasteiger charge is 2.32. The van der Waals surface area contributed by atoms with Gasteiger partial charge in [-0.05, 0) is 53.0 Å². The Hall–Kier alpha value is -0.380. The van der Waals surface area contributed by atoms with Gasteiger partial charge in [0.15, 0.2) is 0 Å². The van der Waals surface area contributed by atoms with E-state index in [-0.39, 0.29) is 6.10 Å². The fourth-order valence-corrected chi connectivity index (χ4v) is 3.80. The van der Waals surface area contributed by atoms with Crippen LogP contribution in [0.2, 0.25) is 0 Å². The number of aliphatic hydroxyl groups is 1.